The van der Waals surface area contributed by atoms with E-state index in [-0.39, 0.29) is 6.04 Å². The van der Waals surface area contributed by atoms with Crippen molar-refractivity contribution < 1.29 is 9.47 Å². The maximum absolute atomic E-state index is 5.48. The quantitative estimate of drug-likeness (QED) is 0.793. The van der Waals surface area contributed by atoms with Crippen LogP contribution in [0.2, 0.25) is 0 Å². The Labute approximate surface area is 123 Å². The average Bonchev–Trinajstić information content (AvgIpc) is 2.43. The van der Waals surface area contributed by atoms with Crippen LogP contribution >= 0.6 is 0 Å². The number of benzene rings is 1. The van der Waals surface area contributed by atoms with Crippen LogP contribution in [-0.4, -0.2) is 46.3 Å². The molecule has 1 aromatic rings. The molecule has 20 heavy (non-hydrogen) atoms. The van der Waals surface area contributed by atoms with Crippen LogP contribution in [0.5, 0.6) is 11.5 Å². The number of nitrogens with one attached hydrogen (secondary N) is 1. The zero-order valence-electron chi connectivity index (χ0n) is 13.6. The molecule has 0 aromatic heterocycles. The monoisotopic (exact) mass is 280 g/mol. The molecule has 0 aliphatic rings. The largest absolute Gasteiger partial charge is 0.497 e. The third-order valence-electron chi connectivity index (χ3n) is 3.33. The van der Waals surface area contributed by atoms with E-state index >= 15 is 0 Å². The van der Waals surface area contributed by atoms with Crippen LogP contribution in [0, 0.1) is 5.92 Å². The highest BCUT2D eigenvalue weighted by Crippen LogP contribution is 2.29. The van der Waals surface area contributed by atoms with Crippen LogP contribution < -0.4 is 14.8 Å². The number of hydrogen-bond acceptors (Lipinski definition) is 4. The van der Waals surface area contributed by atoms with E-state index in [9.17, 15) is 0 Å². The van der Waals surface area contributed by atoms with Gasteiger partial charge < -0.3 is 19.7 Å². The highest BCUT2D eigenvalue weighted by atomic mass is 16.5. The summed E-state index contributed by atoms with van der Waals surface area (Å²) in [6, 6.07) is 6.14. The van der Waals surface area contributed by atoms with Crippen molar-refractivity contribution in [1.29, 1.82) is 0 Å². The third-order valence-corrected chi connectivity index (χ3v) is 3.33. The van der Waals surface area contributed by atoms with Gasteiger partial charge in [-0.3, -0.25) is 0 Å². The van der Waals surface area contributed by atoms with Gasteiger partial charge in [0.15, 0.2) is 0 Å². The summed E-state index contributed by atoms with van der Waals surface area (Å²) in [5, 5.41) is 3.37. The molecule has 0 saturated carbocycles. The summed E-state index contributed by atoms with van der Waals surface area (Å²) in [6.45, 7) is 6.47. The van der Waals surface area contributed by atoms with Gasteiger partial charge in [-0.05, 0) is 38.2 Å². The van der Waals surface area contributed by atoms with Crippen LogP contribution in [0.15, 0.2) is 18.2 Å². The Morgan fingerprint density at radius 2 is 1.85 bits per heavy atom. The fourth-order valence-corrected chi connectivity index (χ4v) is 2.47. The molecular weight excluding hydrogens is 252 g/mol. The number of nitrogens with zero attached hydrogens (tertiary/aromatic N) is 1. The Morgan fingerprint density at radius 1 is 1.15 bits per heavy atom. The minimum absolute atomic E-state index is 0.212. The molecule has 1 rings (SSSR count). The Bertz CT molecular complexity index is 407. The smallest absolute Gasteiger partial charge is 0.123 e. The van der Waals surface area contributed by atoms with E-state index in [2.05, 4.69) is 31.1 Å². The molecule has 1 unspecified atom stereocenters. The lowest BCUT2D eigenvalue weighted by Crippen LogP contribution is -2.33. The van der Waals surface area contributed by atoms with Crippen LogP contribution in [0.25, 0.3) is 0 Å². The number of methoxy groups -OCH3 is 2. The van der Waals surface area contributed by atoms with E-state index < -0.39 is 0 Å². The second-order valence-corrected chi connectivity index (χ2v) is 5.56. The summed E-state index contributed by atoms with van der Waals surface area (Å²) in [7, 11) is 7.52. The molecule has 4 nitrogen and oxygen atoms in total. The van der Waals surface area contributed by atoms with Gasteiger partial charge in [-0.1, -0.05) is 13.8 Å². The molecule has 4 heteroatoms. The minimum Gasteiger partial charge on any atom is -0.497 e. The van der Waals surface area contributed by atoms with Crippen molar-refractivity contribution in [1.82, 2.24) is 10.2 Å². The third kappa shape index (κ3) is 4.69. The lowest BCUT2D eigenvalue weighted by Gasteiger charge is -2.26. The predicted octanol–water partition coefficient (Wildman–Crippen LogP) is 2.55. The first-order valence-electron chi connectivity index (χ1n) is 7.09. The normalized spacial score (nSPS) is 12.8. The second kappa shape index (κ2) is 8.12. The lowest BCUT2D eigenvalue weighted by molar-refractivity contribution is 0.264. The fourth-order valence-electron chi connectivity index (χ4n) is 2.47. The molecule has 0 heterocycles. The molecule has 1 aromatic carbocycles. The number of hydrogen-bond donors (Lipinski definition) is 1. The maximum Gasteiger partial charge on any atom is 0.123 e. The summed E-state index contributed by atoms with van der Waals surface area (Å²) in [4.78, 5) is 2.34. The van der Waals surface area contributed by atoms with Crippen LogP contribution in [0.4, 0.5) is 0 Å². The van der Waals surface area contributed by atoms with E-state index in [0.717, 1.165) is 30.2 Å². The molecule has 0 fully saturated rings. The van der Waals surface area contributed by atoms with E-state index in [4.69, 9.17) is 9.47 Å². The zero-order valence-corrected chi connectivity index (χ0v) is 13.6. The Morgan fingerprint density at radius 3 is 2.35 bits per heavy atom. The number of likely N-dealkylation sites (N-methyl/N-ethyl adjacent to an activating group) is 2. The summed E-state index contributed by atoms with van der Waals surface area (Å²) in [5.41, 5.74) is 1.13. The van der Waals surface area contributed by atoms with Crippen molar-refractivity contribution in [2.45, 2.75) is 19.9 Å². The van der Waals surface area contributed by atoms with E-state index in [1.807, 2.05) is 25.2 Å². The highest BCUT2D eigenvalue weighted by Gasteiger charge is 2.17. The van der Waals surface area contributed by atoms with Crippen molar-refractivity contribution >= 4 is 0 Å². The molecule has 0 aliphatic carbocycles. The molecule has 0 aliphatic heterocycles. The summed E-state index contributed by atoms with van der Waals surface area (Å²) in [6.07, 6.45) is 0. The fraction of sp³-hybridized carbons (Fsp3) is 0.625. The topological polar surface area (TPSA) is 33.7 Å². The molecular formula is C16H28N2O2. The number of ether oxygens (including phenoxy) is 2. The Balaban J connectivity index is 2.92. The van der Waals surface area contributed by atoms with E-state index in [1.165, 1.54) is 0 Å². The molecule has 0 bridgehead atoms. The van der Waals surface area contributed by atoms with E-state index in [0.29, 0.717) is 5.92 Å². The Kier molecular flexibility index (Phi) is 6.82. The van der Waals surface area contributed by atoms with E-state index in [1.54, 1.807) is 14.2 Å². The maximum atomic E-state index is 5.48. The van der Waals surface area contributed by atoms with Gasteiger partial charge in [0.2, 0.25) is 0 Å². The van der Waals surface area contributed by atoms with Crippen molar-refractivity contribution in [3.8, 4) is 11.5 Å². The molecule has 0 radical (unpaired) electrons. The summed E-state index contributed by atoms with van der Waals surface area (Å²) < 4.78 is 10.8. The SMILES string of the molecule is CNC(CN(C)CC(C)C)c1cc(OC)ccc1OC. The zero-order chi connectivity index (χ0) is 15.1. The van der Waals surface area contributed by atoms with Crippen molar-refractivity contribution in [3.05, 3.63) is 23.8 Å². The van der Waals surface area contributed by atoms with Crippen molar-refractivity contribution in [2.75, 3.05) is 41.4 Å². The van der Waals surface area contributed by atoms with Crippen LogP contribution in [-0.2, 0) is 0 Å². The average molecular weight is 280 g/mol. The lowest BCUT2D eigenvalue weighted by atomic mass is 10.0. The molecule has 0 amide bonds. The standard InChI is InChI=1S/C16H28N2O2/c1-12(2)10-18(4)11-15(17-3)14-9-13(19-5)7-8-16(14)20-6/h7-9,12,15,17H,10-11H2,1-6H3. The first-order valence-corrected chi connectivity index (χ1v) is 7.09. The van der Waals surface area contributed by atoms with Gasteiger partial charge in [0, 0.05) is 24.7 Å². The van der Waals surface area contributed by atoms with Gasteiger partial charge in [0.1, 0.15) is 11.5 Å². The van der Waals surface area contributed by atoms with Crippen LogP contribution in [0.1, 0.15) is 25.5 Å². The first-order chi connectivity index (χ1) is 9.51. The van der Waals surface area contributed by atoms with Crippen molar-refractivity contribution in [3.63, 3.8) is 0 Å². The number of rotatable bonds is 8. The van der Waals surface area contributed by atoms with Gasteiger partial charge in [0.25, 0.3) is 0 Å². The van der Waals surface area contributed by atoms with Gasteiger partial charge in [-0.15, -0.1) is 0 Å². The molecule has 114 valence electrons. The van der Waals surface area contributed by atoms with Crippen LogP contribution in [0.3, 0.4) is 0 Å². The first kappa shape index (κ1) is 16.8. The van der Waals surface area contributed by atoms with Gasteiger partial charge in [-0.2, -0.15) is 0 Å². The predicted molar refractivity (Wildman–Crippen MR) is 83.7 cm³/mol. The molecule has 0 saturated heterocycles. The molecule has 1 atom stereocenters. The second-order valence-electron chi connectivity index (χ2n) is 5.56. The molecule has 1 N–H and O–H groups in total. The molecule has 0 spiro atoms. The minimum atomic E-state index is 0.212. The van der Waals surface area contributed by atoms with Gasteiger partial charge >= 0.3 is 0 Å². The van der Waals surface area contributed by atoms with Gasteiger partial charge in [0.05, 0.1) is 14.2 Å². The van der Waals surface area contributed by atoms with Crippen molar-refractivity contribution in [2.24, 2.45) is 5.92 Å². The van der Waals surface area contributed by atoms with Gasteiger partial charge in [-0.25, -0.2) is 0 Å². The highest BCUT2D eigenvalue weighted by molar-refractivity contribution is 5.42. The summed E-state index contributed by atoms with van der Waals surface area (Å²) >= 11 is 0. The Hall–Kier alpha value is -1.26. The summed E-state index contributed by atoms with van der Waals surface area (Å²) in [5.74, 6) is 2.40.